The second kappa shape index (κ2) is 5.50. The Kier molecular flexibility index (Phi) is 3.39. The molecule has 0 saturated carbocycles. The molecule has 0 fully saturated rings. The number of nitrogens with one attached hydrogen (secondary N) is 1. The van der Waals surface area contributed by atoms with Crippen molar-refractivity contribution in [3.05, 3.63) is 66.1 Å². The summed E-state index contributed by atoms with van der Waals surface area (Å²) >= 11 is 0. The lowest BCUT2D eigenvalue weighted by molar-refractivity contribution is 0.0927. The average Bonchev–Trinajstić information content (AvgIpc) is 3.04. The van der Waals surface area contributed by atoms with E-state index in [0.717, 1.165) is 10.8 Å². The van der Waals surface area contributed by atoms with E-state index in [1.807, 2.05) is 30.3 Å². The molecule has 0 atom stereocenters. The molecule has 2 aromatic carbocycles. The minimum atomic E-state index is -0.448. The van der Waals surface area contributed by atoms with Gasteiger partial charge in [0.1, 0.15) is 5.75 Å². The number of benzene rings is 2. The standard InChI is InChI=1S/C16H12N2O3/c19-15-12(8-7-11-4-1-2-5-13(11)15)10-17-18-16(20)14-6-3-9-21-14/h1-10,19H,(H,18,20). The predicted molar refractivity (Wildman–Crippen MR) is 79.4 cm³/mol. The Balaban J connectivity index is 1.80. The van der Waals surface area contributed by atoms with Gasteiger partial charge in [-0.25, -0.2) is 5.43 Å². The molecule has 0 bridgehead atoms. The Bertz CT molecular complexity index is 808. The zero-order chi connectivity index (χ0) is 14.7. The van der Waals surface area contributed by atoms with Crippen LogP contribution in [-0.2, 0) is 0 Å². The number of hydrazone groups is 1. The van der Waals surface area contributed by atoms with Crippen LogP contribution in [0.25, 0.3) is 10.8 Å². The summed E-state index contributed by atoms with van der Waals surface area (Å²) in [7, 11) is 0. The molecule has 0 aliphatic heterocycles. The molecule has 2 N–H and O–H groups in total. The van der Waals surface area contributed by atoms with Crippen LogP contribution >= 0.6 is 0 Å². The Labute approximate surface area is 120 Å². The smallest absolute Gasteiger partial charge is 0.307 e. The van der Waals surface area contributed by atoms with E-state index in [4.69, 9.17) is 4.42 Å². The molecular formula is C16H12N2O3. The molecule has 1 amide bonds. The highest BCUT2D eigenvalue weighted by atomic mass is 16.3. The maximum absolute atomic E-state index is 11.6. The molecule has 3 rings (SSSR count). The maximum Gasteiger partial charge on any atom is 0.307 e. The number of nitrogens with zero attached hydrogens (tertiary/aromatic N) is 1. The van der Waals surface area contributed by atoms with Crippen molar-refractivity contribution in [2.24, 2.45) is 5.10 Å². The molecular weight excluding hydrogens is 268 g/mol. The first-order chi connectivity index (χ1) is 10.3. The second-order valence-corrected chi connectivity index (χ2v) is 4.40. The highest BCUT2D eigenvalue weighted by Crippen LogP contribution is 2.27. The van der Waals surface area contributed by atoms with Crippen LogP contribution in [0, 0.1) is 0 Å². The zero-order valence-electron chi connectivity index (χ0n) is 11.0. The number of phenols is 1. The van der Waals surface area contributed by atoms with Crippen molar-refractivity contribution >= 4 is 22.9 Å². The molecule has 3 aromatic rings. The summed E-state index contributed by atoms with van der Waals surface area (Å²) in [6.07, 6.45) is 2.80. The zero-order valence-corrected chi connectivity index (χ0v) is 11.0. The minimum absolute atomic E-state index is 0.129. The molecule has 0 spiro atoms. The van der Waals surface area contributed by atoms with Crippen molar-refractivity contribution in [1.82, 2.24) is 5.43 Å². The molecule has 0 saturated heterocycles. The third kappa shape index (κ3) is 2.62. The van der Waals surface area contributed by atoms with Gasteiger partial charge in [-0.3, -0.25) is 4.79 Å². The third-order valence-corrected chi connectivity index (χ3v) is 3.05. The lowest BCUT2D eigenvalue weighted by Crippen LogP contribution is -2.16. The number of phenolic OH excluding ortho intramolecular Hbond substituents is 1. The van der Waals surface area contributed by atoms with E-state index in [2.05, 4.69) is 10.5 Å². The van der Waals surface area contributed by atoms with Crippen molar-refractivity contribution in [3.63, 3.8) is 0 Å². The Morgan fingerprint density at radius 2 is 2.00 bits per heavy atom. The van der Waals surface area contributed by atoms with Gasteiger partial charge in [-0.2, -0.15) is 5.10 Å². The number of carbonyl (C=O) groups excluding carboxylic acids is 1. The second-order valence-electron chi connectivity index (χ2n) is 4.40. The van der Waals surface area contributed by atoms with E-state index in [0.29, 0.717) is 5.56 Å². The van der Waals surface area contributed by atoms with E-state index < -0.39 is 5.91 Å². The number of aromatic hydroxyl groups is 1. The van der Waals surface area contributed by atoms with Gasteiger partial charge in [0.15, 0.2) is 5.76 Å². The van der Waals surface area contributed by atoms with Crippen LogP contribution in [0.1, 0.15) is 16.1 Å². The number of furan rings is 1. The highest BCUT2D eigenvalue weighted by molar-refractivity contribution is 5.98. The molecule has 5 nitrogen and oxygen atoms in total. The Morgan fingerprint density at radius 3 is 2.81 bits per heavy atom. The van der Waals surface area contributed by atoms with Crippen molar-refractivity contribution in [3.8, 4) is 5.75 Å². The molecule has 21 heavy (non-hydrogen) atoms. The summed E-state index contributed by atoms with van der Waals surface area (Å²) in [5.41, 5.74) is 2.86. The monoisotopic (exact) mass is 280 g/mol. The Hall–Kier alpha value is -3.08. The molecule has 104 valence electrons. The number of rotatable bonds is 3. The van der Waals surface area contributed by atoms with Crippen LogP contribution in [0.4, 0.5) is 0 Å². The number of hydrogen-bond donors (Lipinski definition) is 2. The number of carbonyl (C=O) groups is 1. The van der Waals surface area contributed by atoms with Gasteiger partial charge in [0.25, 0.3) is 0 Å². The van der Waals surface area contributed by atoms with Gasteiger partial charge in [0.05, 0.1) is 12.5 Å². The van der Waals surface area contributed by atoms with Crippen molar-refractivity contribution in [2.75, 3.05) is 0 Å². The number of hydrogen-bond acceptors (Lipinski definition) is 4. The van der Waals surface area contributed by atoms with Gasteiger partial charge in [-0.1, -0.05) is 30.3 Å². The molecule has 0 radical (unpaired) electrons. The van der Waals surface area contributed by atoms with Crippen LogP contribution in [0.2, 0.25) is 0 Å². The molecule has 5 heteroatoms. The van der Waals surface area contributed by atoms with E-state index in [1.54, 1.807) is 18.2 Å². The van der Waals surface area contributed by atoms with Gasteiger partial charge in [-0.15, -0.1) is 0 Å². The first kappa shape index (κ1) is 12.9. The fourth-order valence-corrected chi connectivity index (χ4v) is 2.00. The van der Waals surface area contributed by atoms with Crippen LogP contribution < -0.4 is 5.43 Å². The van der Waals surface area contributed by atoms with Crippen LogP contribution in [0.3, 0.4) is 0 Å². The summed E-state index contributed by atoms with van der Waals surface area (Å²) in [6, 6.07) is 14.3. The van der Waals surface area contributed by atoms with Crippen molar-refractivity contribution in [2.45, 2.75) is 0 Å². The molecule has 0 aliphatic rings. The normalized spacial score (nSPS) is 11.0. The highest BCUT2D eigenvalue weighted by Gasteiger charge is 2.07. The Morgan fingerprint density at radius 1 is 1.14 bits per heavy atom. The van der Waals surface area contributed by atoms with Crippen LogP contribution in [-0.4, -0.2) is 17.2 Å². The SMILES string of the molecule is O=C(NN=Cc1ccc2ccccc2c1O)c1ccco1. The van der Waals surface area contributed by atoms with Crippen molar-refractivity contribution < 1.29 is 14.3 Å². The summed E-state index contributed by atoms with van der Waals surface area (Å²) in [4.78, 5) is 11.6. The van der Waals surface area contributed by atoms with Crippen LogP contribution in [0.5, 0.6) is 5.75 Å². The maximum atomic E-state index is 11.6. The minimum Gasteiger partial charge on any atom is -0.507 e. The summed E-state index contributed by atoms with van der Waals surface area (Å²) in [5, 5.41) is 15.7. The average molecular weight is 280 g/mol. The van der Waals surface area contributed by atoms with Gasteiger partial charge < -0.3 is 9.52 Å². The van der Waals surface area contributed by atoms with Gasteiger partial charge in [0, 0.05) is 10.9 Å². The fraction of sp³-hybridized carbons (Fsp3) is 0. The largest absolute Gasteiger partial charge is 0.507 e. The number of amides is 1. The van der Waals surface area contributed by atoms with Gasteiger partial charge in [-0.05, 0) is 23.6 Å². The predicted octanol–water partition coefficient (Wildman–Crippen LogP) is 2.90. The fourth-order valence-electron chi connectivity index (χ4n) is 2.00. The lowest BCUT2D eigenvalue weighted by atomic mass is 10.1. The van der Waals surface area contributed by atoms with E-state index in [1.165, 1.54) is 12.5 Å². The summed E-state index contributed by atoms with van der Waals surface area (Å²) in [5.74, 6) is -0.143. The lowest BCUT2D eigenvalue weighted by Gasteiger charge is -2.03. The topological polar surface area (TPSA) is 74.8 Å². The first-order valence-corrected chi connectivity index (χ1v) is 6.33. The summed E-state index contributed by atoms with van der Waals surface area (Å²) < 4.78 is 4.94. The first-order valence-electron chi connectivity index (χ1n) is 6.33. The molecule has 0 aliphatic carbocycles. The van der Waals surface area contributed by atoms with Gasteiger partial charge >= 0.3 is 5.91 Å². The van der Waals surface area contributed by atoms with Crippen molar-refractivity contribution in [1.29, 1.82) is 0 Å². The van der Waals surface area contributed by atoms with Crippen LogP contribution in [0.15, 0.2) is 64.3 Å². The molecule has 1 aromatic heterocycles. The molecule has 1 heterocycles. The summed E-state index contributed by atoms with van der Waals surface area (Å²) in [6.45, 7) is 0. The molecule has 0 unspecified atom stereocenters. The number of fused-ring (bicyclic) bond motifs is 1. The third-order valence-electron chi connectivity index (χ3n) is 3.05. The van der Waals surface area contributed by atoms with Gasteiger partial charge in [0.2, 0.25) is 0 Å². The van der Waals surface area contributed by atoms with E-state index in [9.17, 15) is 9.90 Å². The van der Waals surface area contributed by atoms with E-state index >= 15 is 0 Å². The van der Waals surface area contributed by atoms with E-state index in [-0.39, 0.29) is 11.5 Å². The quantitative estimate of drug-likeness (QED) is 0.572.